The van der Waals surface area contributed by atoms with Crippen molar-refractivity contribution in [1.82, 2.24) is 10.2 Å². The summed E-state index contributed by atoms with van der Waals surface area (Å²) in [7, 11) is 4.26. The van der Waals surface area contributed by atoms with Crippen LogP contribution >= 0.6 is 0 Å². The number of benzene rings is 2. The van der Waals surface area contributed by atoms with E-state index in [1.165, 1.54) is 18.5 Å². The second-order valence-electron chi connectivity index (χ2n) is 7.34. The van der Waals surface area contributed by atoms with E-state index in [9.17, 15) is 0 Å². The predicted molar refractivity (Wildman–Crippen MR) is 119 cm³/mol. The molecule has 3 rings (SSSR count). The monoisotopic (exact) mass is 374 g/mol. The lowest BCUT2D eigenvalue weighted by Gasteiger charge is -2.20. The average molecular weight is 375 g/mol. The highest BCUT2D eigenvalue weighted by atomic mass is 15.2. The number of aromatic nitrogens is 2. The third-order valence-corrected chi connectivity index (χ3v) is 5.09. The first-order valence-corrected chi connectivity index (χ1v) is 10.0. The molecule has 2 aromatic carbocycles. The lowest BCUT2D eigenvalue weighted by Crippen LogP contribution is -2.21. The zero-order valence-corrected chi connectivity index (χ0v) is 17.2. The van der Waals surface area contributed by atoms with Gasteiger partial charge in [0.15, 0.2) is 5.82 Å². The van der Waals surface area contributed by atoms with Crippen molar-refractivity contribution in [1.29, 1.82) is 0 Å². The van der Waals surface area contributed by atoms with Crippen molar-refractivity contribution in [3.05, 3.63) is 72.3 Å². The van der Waals surface area contributed by atoms with Crippen LogP contribution in [0.2, 0.25) is 0 Å². The number of unbranched alkanes of at least 4 members (excludes halogenated alkanes) is 2. The lowest BCUT2D eigenvalue weighted by molar-refractivity contribution is 0.662. The van der Waals surface area contributed by atoms with Crippen LogP contribution in [0.4, 0.5) is 11.5 Å². The molecule has 4 heteroatoms. The van der Waals surface area contributed by atoms with Crippen molar-refractivity contribution in [2.45, 2.75) is 26.2 Å². The van der Waals surface area contributed by atoms with Crippen LogP contribution in [0.15, 0.2) is 66.7 Å². The van der Waals surface area contributed by atoms with Gasteiger partial charge in [0, 0.05) is 38.4 Å². The van der Waals surface area contributed by atoms with Crippen LogP contribution in [0.25, 0.3) is 11.3 Å². The Bertz CT molecular complexity index is 849. The van der Waals surface area contributed by atoms with Crippen LogP contribution in [0.5, 0.6) is 0 Å². The highest BCUT2D eigenvalue weighted by Crippen LogP contribution is 2.22. The summed E-state index contributed by atoms with van der Waals surface area (Å²) >= 11 is 0. The Balaban J connectivity index is 1.45. The van der Waals surface area contributed by atoms with Gasteiger partial charge in [0.25, 0.3) is 0 Å². The molecule has 0 N–H and O–H groups in total. The van der Waals surface area contributed by atoms with E-state index in [0.717, 1.165) is 42.1 Å². The minimum atomic E-state index is 0.943. The molecule has 0 spiro atoms. The van der Waals surface area contributed by atoms with E-state index in [4.69, 9.17) is 0 Å². The molecule has 0 saturated carbocycles. The maximum atomic E-state index is 4.47. The normalized spacial score (nSPS) is 10.7. The molecular formula is C24H30N4. The van der Waals surface area contributed by atoms with Crippen LogP contribution in [0, 0.1) is 6.92 Å². The van der Waals surface area contributed by atoms with Crippen molar-refractivity contribution in [2.75, 3.05) is 37.0 Å². The van der Waals surface area contributed by atoms with Crippen molar-refractivity contribution in [3.8, 4) is 11.3 Å². The van der Waals surface area contributed by atoms with Crippen LogP contribution < -0.4 is 9.80 Å². The molecule has 1 aromatic heterocycles. The standard InChI is InChI=1S/C24H30N4/c1-20-19-23(25-26-24(20)21-13-7-4-8-14-21)28(3)18-12-6-11-17-27(2)22-15-9-5-10-16-22/h4-5,7-10,13-16,19H,6,11-12,17-18H2,1-3H3. The van der Waals surface area contributed by atoms with Gasteiger partial charge in [0.2, 0.25) is 0 Å². The van der Waals surface area contributed by atoms with Gasteiger partial charge in [-0.1, -0.05) is 48.5 Å². The quantitative estimate of drug-likeness (QED) is 0.482. The van der Waals surface area contributed by atoms with Gasteiger partial charge in [0.1, 0.15) is 0 Å². The Hall–Kier alpha value is -2.88. The average Bonchev–Trinajstić information content (AvgIpc) is 2.74. The molecule has 146 valence electrons. The lowest BCUT2D eigenvalue weighted by atomic mass is 10.1. The second-order valence-corrected chi connectivity index (χ2v) is 7.34. The maximum absolute atomic E-state index is 4.47. The summed E-state index contributed by atoms with van der Waals surface area (Å²) in [6.07, 6.45) is 3.55. The Kier molecular flexibility index (Phi) is 7.01. The Morgan fingerprint density at radius 1 is 0.714 bits per heavy atom. The number of aryl methyl sites for hydroxylation is 1. The Morgan fingerprint density at radius 2 is 1.32 bits per heavy atom. The summed E-state index contributed by atoms with van der Waals surface area (Å²) in [5, 5.41) is 8.92. The Morgan fingerprint density at radius 3 is 1.96 bits per heavy atom. The molecule has 3 aromatic rings. The molecular weight excluding hydrogens is 344 g/mol. The first-order valence-electron chi connectivity index (χ1n) is 10.0. The first-order chi connectivity index (χ1) is 13.6. The second kappa shape index (κ2) is 9.88. The number of para-hydroxylation sites is 1. The molecule has 0 saturated heterocycles. The zero-order valence-electron chi connectivity index (χ0n) is 17.2. The van der Waals surface area contributed by atoms with E-state index >= 15 is 0 Å². The van der Waals surface area contributed by atoms with Crippen LogP contribution in [0.3, 0.4) is 0 Å². The number of nitrogens with zero attached hydrogens (tertiary/aromatic N) is 4. The number of rotatable bonds is 9. The van der Waals surface area contributed by atoms with E-state index in [1.807, 2.05) is 18.2 Å². The van der Waals surface area contributed by atoms with Crippen molar-refractivity contribution >= 4 is 11.5 Å². The van der Waals surface area contributed by atoms with Gasteiger partial charge in [-0.2, -0.15) is 0 Å². The molecule has 0 atom stereocenters. The topological polar surface area (TPSA) is 32.3 Å². The molecule has 0 aliphatic carbocycles. The summed E-state index contributed by atoms with van der Waals surface area (Å²) in [5.41, 5.74) is 4.52. The largest absolute Gasteiger partial charge is 0.375 e. The van der Waals surface area contributed by atoms with E-state index in [0.29, 0.717) is 0 Å². The highest BCUT2D eigenvalue weighted by molar-refractivity contribution is 5.63. The fraction of sp³-hybridized carbons (Fsp3) is 0.333. The summed E-state index contributed by atoms with van der Waals surface area (Å²) in [4.78, 5) is 4.52. The maximum Gasteiger partial charge on any atom is 0.151 e. The zero-order chi connectivity index (χ0) is 19.8. The molecule has 28 heavy (non-hydrogen) atoms. The molecule has 0 fully saturated rings. The van der Waals surface area contributed by atoms with Crippen molar-refractivity contribution in [3.63, 3.8) is 0 Å². The molecule has 4 nitrogen and oxygen atoms in total. The predicted octanol–water partition coefficient (Wildman–Crippen LogP) is 5.19. The smallest absolute Gasteiger partial charge is 0.151 e. The minimum Gasteiger partial charge on any atom is -0.375 e. The van der Waals surface area contributed by atoms with Crippen LogP contribution in [-0.4, -0.2) is 37.4 Å². The third kappa shape index (κ3) is 5.32. The van der Waals surface area contributed by atoms with Gasteiger partial charge in [-0.05, 0) is 49.9 Å². The van der Waals surface area contributed by atoms with Gasteiger partial charge in [-0.15, -0.1) is 10.2 Å². The van der Waals surface area contributed by atoms with E-state index in [1.54, 1.807) is 0 Å². The van der Waals surface area contributed by atoms with Gasteiger partial charge >= 0.3 is 0 Å². The first kappa shape index (κ1) is 19.9. The van der Waals surface area contributed by atoms with Crippen LogP contribution in [0.1, 0.15) is 24.8 Å². The summed E-state index contributed by atoms with van der Waals surface area (Å²) in [5.74, 6) is 0.943. The van der Waals surface area contributed by atoms with Gasteiger partial charge in [-0.3, -0.25) is 0 Å². The number of hydrogen-bond donors (Lipinski definition) is 0. The van der Waals surface area contributed by atoms with E-state index < -0.39 is 0 Å². The number of hydrogen-bond acceptors (Lipinski definition) is 4. The SMILES string of the molecule is Cc1cc(N(C)CCCCCN(C)c2ccccc2)nnc1-c1ccccc1. The molecule has 0 amide bonds. The Labute approximate surface area is 168 Å². The molecule has 0 unspecified atom stereocenters. The van der Waals surface area contributed by atoms with Crippen molar-refractivity contribution < 1.29 is 0 Å². The molecule has 0 bridgehead atoms. The third-order valence-electron chi connectivity index (χ3n) is 5.09. The van der Waals surface area contributed by atoms with E-state index in [-0.39, 0.29) is 0 Å². The van der Waals surface area contributed by atoms with Crippen molar-refractivity contribution in [2.24, 2.45) is 0 Å². The molecule has 0 radical (unpaired) electrons. The summed E-state index contributed by atoms with van der Waals surface area (Å²) in [6.45, 7) is 4.18. The molecule has 0 aliphatic rings. The number of anilines is 2. The molecule has 0 aliphatic heterocycles. The molecule has 1 heterocycles. The fourth-order valence-electron chi connectivity index (χ4n) is 3.34. The van der Waals surface area contributed by atoms with E-state index in [2.05, 4.69) is 89.5 Å². The summed E-state index contributed by atoms with van der Waals surface area (Å²) in [6, 6.07) is 22.9. The fourth-order valence-corrected chi connectivity index (χ4v) is 3.34. The van der Waals surface area contributed by atoms with Gasteiger partial charge < -0.3 is 9.80 Å². The van der Waals surface area contributed by atoms with Gasteiger partial charge in [-0.25, -0.2) is 0 Å². The minimum absolute atomic E-state index is 0.943. The van der Waals surface area contributed by atoms with Gasteiger partial charge in [0.05, 0.1) is 5.69 Å². The van der Waals surface area contributed by atoms with Crippen LogP contribution in [-0.2, 0) is 0 Å². The highest BCUT2D eigenvalue weighted by Gasteiger charge is 2.09. The summed E-state index contributed by atoms with van der Waals surface area (Å²) < 4.78 is 0.